The van der Waals surface area contributed by atoms with Gasteiger partial charge in [-0.25, -0.2) is 4.79 Å². The van der Waals surface area contributed by atoms with Crippen LogP contribution in [0.1, 0.15) is 27.9 Å². The number of nitrogens with one attached hydrogen (secondary N) is 3. The molecule has 0 aliphatic carbocycles. The summed E-state index contributed by atoms with van der Waals surface area (Å²) in [5.41, 5.74) is 8.12. The molecule has 3 N–H and O–H groups in total. The number of carbonyl (C=O) groups excluding carboxylic acids is 1. The predicted molar refractivity (Wildman–Crippen MR) is 104 cm³/mol. The van der Waals surface area contributed by atoms with Gasteiger partial charge in [0.05, 0.1) is 0 Å². The lowest BCUT2D eigenvalue weighted by Crippen LogP contribution is -2.30. The van der Waals surface area contributed by atoms with E-state index in [1.165, 1.54) is 33.3 Å². The van der Waals surface area contributed by atoms with Crippen molar-refractivity contribution in [1.82, 2.24) is 10.3 Å². The molecule has 0 fully saturated rings. The molecule has 3 aromatic rings. The van der Waals surface area contributed by atoms with Crippen LogP contribution in [0.3, 0.4) is 0 Å². The summed E-state index contributed by atoms with van der Waals surface area (Å²) in [7, 11) is 0. The van der Waals surface area contributed by atoms with Crippen molar-refractivity contribution in [3.8, 4) is 0 Å². The van der Waals surface area contributed by atoms with Gasteiger partial charge < -0.3 is 15.6 Å². The van der Waals surface area contributed by atoms with Crippen LogP contribution in [0, 0.1) is 27.7 Å². The molecule has 0 atom stereocenters. The molecule has 0 saturated carbocycles. The van der Waals surface area contributed by atoms with Crippen molar-refractivity contribution in [2.45, 2.75) is 34.1 Å². The lowest BCUT2D eigenvalue weighted by atomic mass is 10.0. The monoisotopic (exact) mass is 335 g/mol. The van der Waals surface area contributed by atoms with Gasteiger partial charge in [-0.15, -0.1) is 0 Å². The van der Waals surface area contributed by atoms with Gasteiger partial charge in [-0.05, 0) is 68.5 Å². The summed E-state index contributed by atoms with van der Waals surface area (Å²) in [6, 6.07) is 11.9. The highest BCUT2D eigenvalue weighted by molar-refractivity contribution is 5.91. The first-order chi connectivity index (χ1) is 12.0. The Bertz CT molecular complexity index is 924. The third kappa shape index (κ3) is 3.68. The largest absolute Gasteiger partial charge is 0.358 e. The molecule has 0 aliphatic heterocycles. The summed E-state index contributed by atoms with van der Waals surface area (Å²) < 4.78 is 0. The van der Waals surface area contributed by atoms with E-state index in [2.05, 4.69) is 48.5 Å². The maximum absolute atomic E-state index is 12.1. The van der Waals surface area contributed by atoms with E-state index in [9.17, 15) is 4.79 Å². The van der Waals surface area contributed by atoms with Crippen LogP contribution >= 0.6 is 0 Å². The molecule has 4 heteroatoms. The number of urea groups is 1. The summed E-state index contributed by atoms with van der Waals surface area (Å²) in [5, 5.41) is 7.12. The van der Waals surface area contributed by atoms with E-state index in [0.717, 1.165) is 17.7 Å². The summed E-state index contributed by atoms with van der Waals surface area (Å²) in [4.78, 5) is 15.6. The van der Waals surface area contributed by atoms with Gasteiger partial charge in [0.25, 0.3) is 0 Å². The number of H-pyrrole nitrogens is 1. The molecule has 0 radical (unpaired) electrons. The van der Waals surface area contributed by atoms with Crippen molar-refractivity contribution in [1.29, 1.82) is 0 Å². The minimum absolute atomic E-state index is 0.170. The van der Waals surface area contributed by atoms with E-state index in [-0.39, 0.29) is 6.03 Å². The van der Waals surface area contributed by atoms with Crippen LogP contribution in [0.25, 0.3) is 10.9 Å². The highest BCUT2D eigenvalue weighted by Gasteiger charge is 2.12. The first-order valence-electron chi connectivity index (χ1n) is 8.64. The first kappa shape index (κ1) is 17.1. The van der Waals surface area contributed by atoms with E-state index in [1.54, 1.807) is 0 Å². The molecule has 3 rings (SSSR count). The van der Waals surface area contributed by atoms with Crippen LogP contribution in [-0.4, -0.2) is 17.6 Å². The quantitative estimate of drug-likeness (QED) is 0.632. The van der Waals surface area contributed by atoms with Crippen molar-refractivity contribution in [3.63, 3.8) is 0 Å². The normalized spacial score (nSPS) is 10.9. The van der Waals surface area contributed by atoms with E-state index in [4.69, 9.17) is 0 Å². The van der Waals surface area contributed by atoms with Crippen molar-refractivity contribution in [3.05, 3.63) is 64.3 Å². The molecule has 1 heterocycles. The molecule has 130 valence electrons. The van der Waals surface area contributed by atoms with Crippen LogP contribution in [0.2, 0.25) is 0 Å². The molecule has 0 saturated heterocycles. The number of fused-ring (bicyclic) bond motifs is 1. The number of amides is 2. The smallest absolute Gasteiger partial charge is 0.319 e. The third-order valence-corrected chi connectivity index (χ3v) is 4.63. The van der Waals surface area contributed by atoms with Crippen LogP contribution in [0.5, 0.6) is 0 Å². The zero-order valence-corrected chi connectivity index (χ0v) is 15.3. The molecule has 0 spiro atoms. The minimum atomic E-state index is -0.170. The summed E-state index contributed by atoms with van der Waals surface area (Å²) in [6.07, 6.45) is 0.803. The Hall–Kier alpha value is -2.75. The molecule has 2 amide bonds. The van der Waals surface area contributed by atoms with E-state index in [1.807, 2.05) is 31.2 Å². The van der Waals surface area contributed by atoms with Crippen molar-refractivity contribution >= 4 is 22.6 Å². The molecular formula is C21H25N3O. The fourth-order valence-electron chi connectivity index (χ4n) is 3.32. The van der Waals surface area contributed by atoms with Gasteiger partial charge in [0.2, 0.25) is 0 Å². The maximum Gasteiger partial charge on any atom is 0.319 e. The second-order valence-electron chi connectivity index (χ2n) is 6.68. The van der Waals surface area contributed by atoms with Crippen LogP contribution in [-0.2, 0) is 6.42 Å². The zero-order chi connectivity index (χ0) is 18.0. The van der Waals surface area contributed by atoms with Gasteiger partial charge in [0, 0.05) is 28.8 Å². The summed E-state index contributed by atoms with van der Waals surface area (Å²) in [5.74, 6) is 0. The Kier molecular flexibility index (Phi) is 4.79. The number of carbonyl (C=O) groups is 1. The van der Waals surface area contributed by atoms with Crippen molar-refractivity contribution in [2.75, 3.05) is 11.9 Å². The predicted octanol–water partition coefficient (Wildman–Crippen LogP) is 4.77. The van der Waals surface area contributed by atoms with Crippen LogP contribution in [0.15, 0.2) is 36.4 Å². The maximum atomic E-state index is 12.1. The SMILES string of the molecule is Cc1cccc(NC(=O)NCCc2c(C)[nH]c3c(C)ccc(C)c23)c1. The van der Waals surface area contributed by atoms with Crippen LogP contribution < -0.4 is 10.6 Å². The Balaban J connectivity index is 1.66. The minimum Gasteiger partial charge on any atom is -0.358 e. The molecule has 0 bridgehead atoms. The lowest BCUT2D eigenvalue weighted by Gasteiger charge is -2.09. The van der Waals surface area contributed by atoms with E-state index in [0.29, 0.717) is 6.54 Å². The number of anilines is 1. The molecule has 4 nitrogen and oxygen atoms in total. The highest BCUT2D eigenvalue weighted by atomic mass is 16.2. The standard InChI is InChI=1S/C21H25N3O/c1-13-6-5-7-17(12-13)24-21(25)22-11-10-18-16(4)23-20-15(3)9-8-14(2)19(18)20/h5-9,12,23H,10-11H2,1-4H3,(H2,22,24,25). The molecule has 0 aliphatic rings. The Morgan fingerprint density at radius 2 is 1.80 bits per heavy atom. The number of hydrogen-bond donors (Lipinski definition) is 3. The van der Waals surface area contributed by atoms with E-state index < -0.39 is 0 Å². The van der Waals surface area contributed by atoms with Crippen LogP contribution in [0.4, 0.5) is 10.5 Å². The Labute approximate surface area is 148 Å². The second kappa shape index (κ2) is 7.01. The molecule has 0 unspecified atom stereocenters. The summed E-state index contributed by atoms with van der Waals surface area (Å²) in [6.45, 7) is 8.96. The second-order valence-corrected chi connectivity index (χ2v) is 6.68. The number of rotatable bonds is 4. The van der Waals surface area contributed by atoms with Gasteiger partial charge in [-0.2, -0.15) is 0 Å². The zero-order valence-electron chi connectivity index (χ0n) is 15.3. The highest BCUT2D eigenvalue weighted by Crippen LogP contribution is 2.28. The number of aryl methyl sites for hydroxylation is 4. The van der Waals surface area contributed by atoms with Gasteiger partial charge >= 0.3 is 6.03 Å². The van der Waals surface area contributed by atoms with Gasteiger partial charge in [0.15, 0.2) is 0 Å². The molecular weight excluding hydrogens is 310 g/mol. The van der Waals surface area contributed by atoms with Crippen molar-refractivity contribution in [2.24, 2.45) is 0 Å². The van der Waals surface area contributed by atoms with E-state index >= 15 is 0 Å². The molecule has 2 aromatic carbocycles. The fraction of sp³-hybridized carbons (Fsp3) is 0.286. The van der Waals surface area contributed by atoms with Crippen molar-refractivity contribution < 1.29 is 4.79 Å². The first-order valence-corrected chi connectivity index (χ1v) is 8.64. The molecule has 1 aromatic heterocycles. The van der Waals surface area contributed by atoms with Gasteiger partial charge in [-0.3, -0.25) is 0 Å². The fourth-order valence-corrected chi connectivity index (χ4v) is 3.32. The Morgan fingerprint density at radius 3 is 2.56 bits per heavy atom. The average molecular weight is 335 g/mol. The van der Waals surface area contributed by atoms with Gasteiger partial charge in [-0.1, -0.05) is 24.3 Å². The lowest BCUT2D eigenvalue weighted by molar-refractivity contribution is 0.252. The number of hydrogen-bond acceptors (Lipinski definition) is 1. The topological polar surface area (TPSA) is 56.9 Å². The Morgan fingerprint density at radius 1 is 1.04 bits per heavy atom. The number of aromatic nitrogens is 1. The van der Waals surface area contributed by atoms with Gasteiger partial charge in [0.1, 0.15) is 0 Å². The number of benzene rings is 2. The average Bonchev–Trinajstić information content (AvgIpc) is 2.89. The summed E-state index contributed by atoms with van der Waals surface area (Å²) >= 11 is 0. The third-order valence-electron chi connectivity index (χ3n) is 4.63. The number of aromatic amines is 1. The molecule has 25 heavy (non-hydrogen) atoms.